The van der Waals surface area contributed by atoms with E-state index in [2.05, 4.69) is 6.07 Å². The van der Waals surface area contributed by atoms with Crippen molar-refractivity contribution in [1.82, 2.24) is 14.5 Å². The molecular formula is C21H18ClN3O. The number of amides is 1. The molecule has 0 radical (unpaired) electrons. The summed E-state index contributed by atoms with van der Waals surface area (Å²) in [5.74, 6) is -0.0326. The minimum Gasteiger partial charge on any atom is -0.333 e. The summed E-state index contributed by atoms with van der Waals surface area (Å²) in [5, 5.41) is 5.30. The second-order valence-corrected chi connectivity index (χ2v) is 7.97. The Hall–Kier alpha value is -2.33. The molecule has 2 aliphatic carbocycles. The number of hydrogen-bond acceptors (Lipinski definition) is 2. The van der Waals surface area contributed by atoms with Crippen LogP contribution in [0.5, 0.6) is 0 Å². The third-order valence-electron chi connectivity index (χ3n) is 6.05. The van der Waals surface area contributed by atoms with Crippen LogP contribution in [0.15, 0.2) is 36.5 Å². The number of carbonyl (C=O) groups is 1. The van der Waals surface area contributed by atoms with Gasteiger partial charge in [0.1, 0.15) is 0 Å². The third kappa shape index (κ3) is 1.80. The summed E-state index contributed by atoms with van der Waals surface area (Å²) in [6.45, 7) is -2.54. The lowest BCUT2D eigenvalue weighted by Crippen LogP contribution is -2.30. The molecule has 3 heterocycles. The van der Waals surface area contributed by atoms with Crippen LogP contribution < -0.4 is 0 Å². The minimum atomic E-state index is -2.54. The van der Waals surface area contributed by atoms with E-state index in [1.807, 2.05) is 12.1 Å². The fourth-order valence-electron chi connectivity index (χ4n) is 4.78. The average molecular weight is 367 g/mol. The molecule has 2 bridgehead atoms. The van der Waals surface area contributed by atoms with E-state index in [9.17, 15) is 4.79 Å². The van der Waals surface area contributed by atoms with E-state index in [0.717, 1.165) is 34.4 Å². The molecule has 2 aromatic heterocycles. The Balaban J connectivity index is 1.70. The van der Waals surface area contributed by atoms with Crippen LogP contribution in [-0.4, -0.2) is 27.4 Å². The van der Waals surface area contributed by atoms with Crippen LogP contribution in [0, 0.1) is 0 Å². The summed E-state index contributed by atoms with van der Waals surface area (Å²) in [6.07, 6.45) is 4.55. The highest BCUT2D eigenvalue weighted by Crippen LogP contribution is 2.54. The van der Waals surface area contributed by atoms with Crippen molar-refractivity contribution in [1.29, 1.82) is 0 Å². The van der Waals surface area contributed by atoms with Crippen molar-refractivity contribution in [3.05, 3.63) is 69.5 Å². The highest BCUT2D eigenvalue weighted by molar-refractivity contribution is 6.30. The van der Waals surface area contributed by atoms with Crippen molar-refractivity contribution >= 4 is 23.0 Å². The highest BCUT2D eigenvalue weighted by Gasteiger charge is 2.46. The summed E-state index contributed by atoms with van der Waals surface area (Å²) in [4.78, 5) is 14.5. The molecule has 0 N–H and O–H groups in total. The molecule has 0 unspecified atom stereocenters. The molecular weight excluding hydrogens is 346 g/mol. The van der Waals surface area contributed by atoms with Crippen LogP contribution in [-0.2, 0) is 0 Å². The van der Waals surface area contributed by atoms with Gasteiger partial charge in [-0.3, -0.25) is 4.79 Å². The maximum Gasteiger partial charge on any atom is 0.254 e. The van der Waals surface area contributed by atoms with Crippen molar-refractivity contribution in [2.75, 3.05) is 6.98 Å². The Labute approximate surface area is 160 Å². The van der Waals surface area contributed by atoms with E-state index in [1.165, 1.54) is 5.56 Å². The van der Waals surface area contributed by atoms with Crippen molar-refractivity contribution in [3.63, 3.8) is 0 Å². The first-order chi connectivity index (χ1) is 13.8. The number of nitrogens with zero attached hydrogens (tertiary/aromatic N) is 3. The zero-order chi connectivity index (χ0) is 20.1. The standard InChI is InChI=1S/C21H18ClN3O/c1-24-17-10-15(19-16-9-12(22)7-8-25(16)23-20(17)19)18-13(11-5-6-11)3-2-4-14(18)21(24)26/h2-4,7-9,11,15,17H,5-6,10H2,1H3/t15-,17-/m1/s1/i1D3. The van der Waals surface area contributed by atoms with Gasteiger partial charge in [0.05, 0.1) is 17.3 Å². The molecule has 6 rings (SSSR count). The zero-order valence-electron chi connectivity index (χ0n) is 16.9. The Morgan fingerprint density at radius 2 is 2.15 bits per heavy atom. The molecule has 130 valence electrons. The predicted octanol–water partition coefficient (Wildman–Crippen LogP) is 4.53. The molecule has 1 amide bonds. The maximum atomic E-state index is 13.5. The second-order valence-electron chi connectivity index (χ2n) is 7.54. The summed E-state index contributed by atoms with van der Waals surface area (Å²) in [7, 11) is 0. The molecule has 1 aliphatic heterocycles. The molecule has 1 saturated carbocycles. The van der Waals surface area contributed by atoms with Gasteiger partial charge in [-0.05, 0) is 54.5 Å². The summed E-state index contributed by atoms with van der Waals surface area (Å²) < 4.78 is 26.0. The molecule has 1 fully saturated rings. The number of pyridine rings is 1. The number of hydrogen-bond donors (Lipinski definition) is 0. The number of carbonyl (C=O) groups excluding carboxylic acids is 1. The summed E-state index contributed by atoms with van der Waals surface area (Å²) >= 11 is 6.27. The molecule has 3 aliphatic rings. The smallest absolute Gasteiger partial charge is 0.254 e. The highest BCUT2D eigenvalue weighted by atomic mass is 35.5. The van der Waals surface area contributed by atoms with E-state index in [-0.39, 0.29) is 5.92 Å². The topological polar surface area (TPSA) is 37.6 Å². The third-order valence-corrected chi connectivity index (χ3v) is 6.29. The van der Waals surface area contributed by atoms with Gasteiger partial charge in [-0.25, -0.2) is 4.52 Å². The Morgan fingerprint density at radius 3 is 2.96 bits per heavy atom. The number of benzene rings is 1. The van der Waals surface area contributed by atoms with Crippen LogP contribution >= 0.6 is 11.6 Å². The SMILES string of the molecule is [2H]C([2H])([2H])N1C(=O)c2cccc(C3CC3)c2[C@H]2C[C@@H]1c1nn3ccc(Cl)cc3c12. The molecule has 2 atom stereocenters. The van der Waals surface area contributed by atoms with Gasteiger partial charge in [0.15, 0.2) is 0 Å². The van der Waals surface area contributed by atoms with Gasteiger partial charge >= 0.3 is 0 Å². The van der Waals surface area contributed by atoms with Crippen molar-refractivity contribution in [2.45, 2.75) is 37.1 Å². The normalized spacial score (nSPS) is 26.1. The van der Waals surface area contributed by atoms with Crippen LogP contribution in [0.4, 0.5) is 0 Å². The molecule has 0 spiro atoms. The van der Waals surface area contributed by atoms with Crippen LogP contribution in [0.25, 0.3) is 5.52 Å². The molecule has 1 aromatic carbocycles. The average Bonchev–Trinajstić information content (AvgIpc) is 3.38. The van der Waals surface area contributed by atoms with Crippen molar-refractivity contribution in [3.8, 4) is 0 Å². The molecule has 5 heteroatoms. The van der Waals surface area contributed by atoms with Gasteiger partial charge in [-0.2, -0.15) is 5.10 Å². The lowest BCUT2D eigenvalue weighted by atomic mass is 9.84. The van der Waals surface area contributed by atoms with Gasteiger partial charge in [0.2, 0.25) is 0 Å². The Bertz CT molecular complexity index is 1200. The zero-order valence-corrected chi connectivity index (χ0v) is 14.7. The van der Waals surface area contributed by atoms with Gasteiger partial charge in [-0.1, -0.05) is 23.7 Å². The van der Waals surface area contributed by atoms with Crippen LogP contribution in [0.1, 0.15) is 74.0 Å². The van der Waals surface area contributed by atoms with Gasteiger partial charge in [0, 0.05) is 39.4 Å². The second kappa shape index (κ2) is 4.89. The lowest BCUT2D eigenvalue weighted by molar-refractivity contribution is 0.0734. The monoisotopic (exact) mass is 366 g/mol. The van der Waals surface area contributed by atoms with E-state index in [1.54, 1.807) is 22.8 Å². The molecule has 4 nitrogen and oxygen atoms in total. The summed E-state index contributed by atoms with van der Waals surface area (Å²) in [6, 6.07) is 8.83. The van der Waals surface area contributed by atoms with Gasteiger partial charge in [0.25, 0.3) is 5.91 Å². The van der Waals surface area contributed by atoms with E-state index >= 15 is 0 Å². The predicted molar refractivity (Wildman–Crippen MR) is 99.9 cm³/mol. The molecule has 3 aromatic rings. The molecule has 0 saturated heterocycles. The molecule has 26 heavy (non-hydrogen) atoms. The number of fused-ring (bicyclic) bond motifs is 9. The first-order valence-corrected chi connectivity index (χ1v) is 9.36. The van der Waals surface area contributed by atoms with Crippen LogP contribution in [0.2, 0.25) is 5.02 Å². The Morgan fingerprint density at radius 1 is 1.27 bits per heavy atom. The van der Waals surface area contributed by atoms with E-state index in [0.29, 0.717) is 28.6 Å². The van der Waals surface area contributed by atoms with Crippen molar-refractivity contribution < 1.29 is 8.91 Å². The fraction of sp³-hybridized carbons (Fsp3) is 0.333. The first kappa shape index (κ1) is 12.1. The maximum absolute atomic E-state index is 13.5. The van der Waals surface area contributed by atoms with E-state index in [4.69, 9.17) is 20.8 Å². The first-order valence-electron chi connectivity index (χ1n) is 10.5. The quantitative estimate of drug-likeness (QED) is 0.634. The lowest BCUT2D eigenvalue weighted by Gasteiger charge is -2.24. The van der Waals surface area contributed by atoms with E-state index < -0.39 is 18.9 Å². The van der Waals surface area contributed by atoms with Crippen molar-refractivity contribution in [2.24, 2.45) is 0 Å². The largest absolute Gasteiger partial charge is 0.333 e. The summed E-state index contributed by atoms with van der Waals surface area (Å²) in [5.41, 5.74) is 5.26. The number of aromatic nitrogens is 2. The Kier molecular flexibility index (Phi) is 2.28. The van der Waals surface area contributed by atoms with Crippen LogP contribution in [0.3, 0.4) is 0 Å². The number of rotatable bonds is 1. The minimum absolute atomic E-state index is 0.0610. The van der Waals surface area contributed by atoms with Gasteiger partial charge < -0.3 is 4.90 Å². The number of halogens is 1. The fourth-order valence-corrected chi connectivity index (χ4v) is 4.94. The van der Waals surface area contributed by atoms with Gasteiger partial charge in [-0.15, -0.1) is 0 Å².